The Labute approximate surface area is 83.7 Å². The van der Waals surface area contributed by atoms with E-state index in [1.807, 2.05) is 24.3 Å². The summed E-state index contributed by atoms with van der Waals surface area (Å²) in [7, 11) is 0. The first-order valence-electron chi connectivity index (χ1n) is 4.28. The van der Waals surface area contributed by atoms with Gasteiger partial charge in [0.1, 0.15) is 0 Å². The maximum absolute atomic E-state index is 5.64. The fraction of sp³-hybridized carbons (Fsp3) is 0.400. The molecule has 0 saturated heterocycles. The molecule has 0 unspecified atom stereocenters. The third kappa shape index (κ3) is 3.28. The molecule has 0 heterocycles. The minimum Gasteiger partial charge on any atom is -0.399 e. The van der Waals surface area contributed by atoms with Crippen molar-refractivity contribution in [1.29, 1.82) is 0 Å². The van der Waals surface area contributed by atoms with E-state index in [1.54, 1.807) is 11.8 Å². The molecule has 1 aromatic carbocycles. The zero-order chi connectivity index (χ0) is 9.90. The van der Waals surface area contributed by atoms with E-state index < -0.39 is 0 Å². The summed E-state index contributed by atoms with van der Waals surface area (Å²) >= 11 is 1.77. The predicted octanol–water partition coefficient (Wildman–Crippen LogP) is 2.10. The van der Waals surface area contributed by atoms with Crippen LogP contribution >= 0.6 is 11.8 Å². The molecule has 0 saturated carbocycles. The molecule has 0 fully saturated rings. The lowest BCUT2D eigenvalue weighted by Crippen LogP contribution is -2.26. The maximum atomic E-state index is 5.64. The third-order valence-corrected chi connectivity index (χ3v) is 2.99. The molecule has 0 spiro atoms. The maximum Gasteiger partial charge on any atom is 0.0314 e. The molecule has 0 aliphatic heterocycles. The highest BCUT2D eigenvalue weighted by Crippen LogP contribution is 2.31. The summed E-state index contributed by atoms with van der Waals surface area (Å²) < 4.78 is 0.0934. The van der Waals surface area contributed by atoms with Crippen molar-refractivity contribution in [1.82, 2.24) is 0 Å². The van der Waals surface area contributed by atoms with Gasteiger partial charge in [0.05, 0.1) is 0 Å². The largest absolute Gasteiger partial charge is 0.399 e. The topological polar surface area (TPSA) is 52.0 Å². The molecule has 0 aliphatic rings. The van der Waals surface area contributed by atoms with Crippen molar-refractivity contribution < 1.29 is 0 Å². The molecule has 13 heavy (non-hydrogen) atoms. The SMILES string of the molecule is CC(C)(CN)Sc1ccc(N)cc1. The first kappa shape index (κ1) is 10.4. The summed E-state index contributed by atoms with van der Waals surface area (Å²) in [4.78, 5) is 1.21. The van der Waals surface area contributed by atoms with Crippen LogP contribution in [0.15, 0.2) is 29.2 Å². The number of nitrogens with two attached hydrogens (primary N) is 2. The van der Waals surface area contributed by atoms with E-state index in [0.29, 0.717) is 6.54 Å². The quantitative estimate of drug-likeness (QED) is 0.575. The van der Waals surface area contributed by atoms with Gasteiger partial charge in [0, 0.05) is 21.9 Å². The second-order valence-corrected chi connectivity index (χ2v) is 5.42. The van der Waals surface area contributed by atoms with E-state index in [0.717, 1.165) is 5.69 Å². The minimum absolute atomic E-state index is 0.0934. The van der Waals surface area contributed by atoms with Crippen LogP contribution < -0.4 is 11.5 Å². The molecular weight excluding hydrogens is 180 g/mol. The van der Waals surface area contributed by atoms with Crippen LogP contribution in [0.2, 0.25) is 0 Å². The number of nitrogen functional groups attached to an aromatic ring is 1. The summed E-state index contributed by atoms with van der Waals surface area (Å²) in [5.41, 5.74) is 12.0. The van der Waals surface area contributed by atoms with Crippen LogP contribution in [0, 0.1) is 0 Å². The van der Waals surface area contributed by atoms with E-state index in [4.69, 9.17) is 11.5 Å². The van der Waals surface area contributed by atoms with Crippen LogP contribution in [0.5, 0.6) is 0 Å². The van der Waals surface area contributed by atoms with E-state index in [2.05, 4.69) is 13.8 Å². The molecule has 72 valence electrons. The van der Waals surface area contributed by atoms with Gasteiger partial charge < -0.3 is 11.5 Å². The first-order valence-corrected chi connectivity index (χ1v) is 5.10. The molecule has 4 N–H and O–H groups in total. The number of rotatable bonds is 3. The van der Waals surface area contributed by atoms with Crippen molar-refractivity contribution in [2.45, 2.75) is 23.5 Å². The average molecular weight is 196 g/mol. The summed E-state index contributed by atoms with van der Waals surface area (Å²) in [5.74, 6) is 0. The Hall–Kier alpha value is -0.670. The standard InChI is InChI=1S/C10H16N2S/c1-10(2,7-11)13-9-5-3-8(12)4-6-9/h3-6H,7,11-12H2,1-2H3. The summed E-state index contributed by atoms with van der Waals surface area (Å²) in [6.07, 6.45) is 0. The fourth-order valence-corrected chi connectivity index (χ4v) is 1.89. The smallest absolute Gasteiger partial charge is 0.0314 e. The lowest BCUT2D eigenvalue weighted by atomic mass is 10.2. The zero-order valence-corrected chi connectivity index (χ0v) is 8.90. The second kappa shape index (κ2) is 4.03. The highest BCUT2D eigenvalue weighted by molar-refractivity contribution is 8.00. The molecule has 0 amide bonds. The molecule has 1 rings (SSSR count). The molecule has 0 aliphatic carbocycles. The van der Waals surface area contributed by atoms with Gasteiger partial charge in [-0.15, -0.1) is 11.8 Å². The van der Waals surface area contributed by atoms with Crippen molar-refractivity contribution in [3.8, 4) is 0 Å². The summed E-state index contributed by atoms with van der Waals surface area (Å²) in [6.45, 7) is 4.93. The molecule has 1 aromatic rings. The number of thioether (sulfide) groups is 1. The normalized spacial score (nSPS) is 11.6. The van der Waals surface area contributed by atoms with Gasteiger partial charge in [-0.1, -0.05) is 0 Å². The molecule has 0 bridgehead atoms. The number of hydrogen-bond donors (Lipinski definition) is 2. The van der Waals surface area contributed by atoms with Crippen LogP contribution in [-0.4, -0.2) is 11.3 Å². The third-order valence-electron chi connectivity index (χ3n) is 1.77. The number of benzene rings is 1. The molecular formula is C10H16N2S. The van der Waals surface area contributed by atoms with Gasteiger partial charge in [0.15, 0.2) is 0 Å². The van der Waals surface area contributed by atoms with Gasteiger partial charge in [0.2, 0.25) is 0 Å². The van der Waals surface area contributed by atoms with E-state index >= 15 is 0 Å². The van der Waals surface area contributed by atoms with Crippen LogP contribution in [0.3, 0.4) is 0 Å². The van der Waals surface area contributed by atoms with Crippen molar-refractivity contribution >= 4 is 17.4 Å². The summed E-state index contributed by atoms with van der Waals surface area (Å²) in [5, 5.41) is 0. The predicted molar refractivity (Wildman–Crippen MR) is 59.8 cm³/mol. The van der Waals surface area contributed by atoms with Crippen molar-refractivity contribution in [3.05, 3.63) is 24.3 Å². The molecule has 3 heteroatoms. The Balaban J connectivity index is 2.69. The van der Waals surface area contributed by atoms with Gasteiger partial charge in [-0.3, -0.25) is 0 Å². The Morgan fingerprint density at radius 2 is 1.77 bits per heavy atom. The van der Waals surface area contributed by atoms with Gasteiger partial charge in [-0.25, -0.2) is 0 Å². The Morgan fingerprint density at radius 1 is 1.23 bits per heavy atom. The highest BCUT2D eigenvalue weighted by Gasteiger charge is 2.16. The average Bonchev–Trinajstić information content (AvgIpc) is 2.09. The van der Waals surface area contributed by atoms with Crippen LogP contribution in [0.25, 0.3) is 0 Å². The van der Waals surface area contributed by atoms with Crippen LogP contribution in [0.1, 0.15) is 13.8 Å². The number of hydrogen-bond acceptors (Lipinski definition) is 3. The molecule has 2 nitrogen and oxygen atoms in total. The zero-order valence-electron chi connectivity index (χ0n) is 8.08. The first-order chi connectivity index (χ1) is 6.03. The fourth-order valence-electron chi connectivity index (χ4n) is 0.897. The lowest BCUT2D eigenvalue weighted by molar-refractivity contribution is 0.723. The van der Waals surface area contributed by atoms with E-state index in [-0.39, 0.29) is 4.75 Å². The highest BCUT2D eigenvalue weighted by atomic mass is 32.2. The Bertz CT molecular complexity index is 267. The van der Waals surface area contributed by atoms with Crippen LogP contribution in [-0.2, 0) is 0 Å². The Morgan fingerprint density at radius 3 is 2.23 bits per heavy atom. The van der Waals surface area contributed by atoms with Crippen molar-refractivity contribution in [3.63, 3.8) is 0 Å². The van der Waals surface area contributed by atoms with E-state index in [9.17, 15) is 0 Å². The number of anilines is 1. The van der Waals surface area contributed by atoms with Crippen LogP contribution in [0.4, 0.5) is 5.69 Å². The molecule has 0 atom stereocenters. The van der Waals surface area contributed by atoms with E-state index in [1.165, 1.54) is 4.90 Å². The minimum atomic E-state index is 0.0934. The Kier molecular flexibility index (Phi) is 3.22. The lowest BCUT2D eigenvalue weighted by Gasteiger charge is -2.21. The van der Waals surface area contributed by atoms with Gasteiger partial charge >= 0.3 is 0 Å². The van der Waals surface area contributed by atoms with Gasteiger partial charge in [0.25, 0.3) is 0 Å². The monoisotopic (exact) mass is 196 g/mol. The summed E-state index contributed by atoms with van der Waals surface area (Å²) in [6, 6.07) is 7.87. The van der Waals surface area contributed by atoms with Gasteiger partial charge in [-0.2, -0.15) is 0 Å². The van der Waals surface area contributed by atoms with Crippen molar-refractivity contribution in [2.75, 3.05) is 12.3 Å². The molecule has 0 radical (unpaired) electrons. The van der Waals surface area contributed by atoms with Gasteiger partial charge in [-0.05, 0) is 38.1 Å². The molecule has 0 aromatic heterocycles. The second-order valence-electron chi connectivity index (χ2n) is 3.63. The van der Waals surface area contributed by atoms with Crippen molar-refractivity contribution in [2.24, 2.45) is 5.73 Å².